The van der Waals surface area contributed by atoms with Crippen molar-refractivity contribution in [2.75, 3.05) is 18.8 Å². The smallest absolute Gasteiger partial charge is 0.407 e. The molecular formula is C16H18N4O3. The van der Waals surface area contributed by atoms with Crippen LogP contribution in [0.15, 0.2) is 36.7 Å². The lowest BCUT2D eigenvalue weighted by Crippen LogP contribution is -2.37. The van der Waals surface area contributed by atoms with Crippen LogP contribution in [0.2, 0.25) is 0 Å². The van der Waals surface area contributed by atoms with E-state index in [2.05, 4.69) is 9.97 Å². The number of hydrogen-bond acceptors (Lipinski definition) is 5. The number of aromatic nitrogens is 2. The summed E-state index contributed by atoms with van der Waals surface area (Å²) in [6, 6.07) is 7.08. The van der Waals surface area contributed by atoms with E-state index in [1.807, 2.05) is 0 Å². The summed E-state index contributed by atoms with van der Waals surface area (Å²) in [5, 5.41) is 9.03. The Bertz CT molecular complexity index is 682. The van der Waals surface area contributed by atoms with Gasteiger partial charge in [0, 0.05) is 37.1 Å². The lowest BCUT2D eigenvalue weighted by Gasteiger charge is -2.29. The predicted octanol–water partition coefficient (Wildman–Crippen LogP) is 2.71. The van der Waals surface area contributed by atoms with Gasteiger partial charge in [-0.3, -0.25) is 4.98 Å². The second-order valence-corrected chi connectivity index (χ2v) is 5.46. The molecule has 1 aromatic heterocycles. The summed E-state index contributed by atoms with van der Waals surface area (Å²) in [6.45, 7) is 0.996. The van der Waals surface area contributed by atoms with Crippen molar-refractivity contribution in [1.82, 2.24) is 14.9 Å². The third-order valence-corrected chi connectivity index (χ3v) is 3.94. The highest BCUT2D eigenvalue weighted by Gasteiger charge is 2.27. The topological polar surface area (TPSA) is 102 Å². The van der Waals surface area contributed by atoms with Crippen molar-refractivity contribution in [1.29, 1.82) is 0 Å². The number of amides is 1. The Hall–Kier alpha value is -2.83. The van der Waals surface area contributed by atoms with Crippen LogP contribution in [0, 0.1) is 0 Å². The monoisotopic (exact) mass is 314 g/mol. The average molecular weight is 314 g/mol. The number of nitrogens with zero attached hydrogens (tertiary/aromatic N) is 3. The first kappa shape index (κ1) is 15.1. The molecule has 0 radical (unpaired) electrons. The van der Waals surface area contributed by atoms with Crippen molar-refractivity contribution in [3.63, 3.8) is 0 Å². The van der Waals surface area contributed by atoms with Crippen molar-refractivity contribution in [2.24, 2.45) is 0 Å². The average Bonchev–Trinajstić information content (AvgIpc) is 2.57. The summed E-state index contributed by atoms with van der Waals surface area (Å²) in [6.07, 6.45) is 3.77. The number of benzene rings is 1. The number of piperidine rings is 1. The molecule has 3 N–H and O–H groups in total. The number of likely N-dealkylation sites (tertiary alicyclic amines) is 1. The maximum atomic E-state index is 11.0. The van der Waals surface area contributed by atoms with Crippen LogP contribution in [0.5, 0.6) is 11.6 Å². The molecule has 3 rings (SSSR count). The molecule has 120 valence electrons. The molecule has 0 unspecified atom stereocenters. The molecule has 0 aliphatic carbocycles. The van der Waals surface area contributed by atoms with Gasteiger partial charge in [0.25, 0.3) is 0 Å². The summed E-state index contributed by atoms with van der Waals surface area (Å²) in [5.74, 6) is 1.25. The van der Waals surface area contributed by atoms with Crippen LogP contribution in [-0.4, -0.2) is 39.2 Å². The zero-order chi connectivity index (χ0) is 16.2. The van der Waals surface area contributed by atoms with Gasteiger partial charge in [0.1, 0.15) is 11.4 Å². The molecule has 1 aromatic carbocycles. The number of carbonyl (C=O) groups is 1. The number of carboxylic acid groups (broad SMARTS) is 1. The van der Waals surface area contributed by atoms with Gasteiger partial charge in [-0.1, -0.05) is 0 Å². The molecule has 2 heterocycles. The van der Waals surface area contributed by atoms with Gasteiger partial charge in [0.15, 0.2) is 0 Å². The minimum absolute atomic E-state index is 0.142. The largest absolute Gasteiger partial charge is 0.465 e. The Morgan fingerprint density at radius 1 is 1.17 bits per heavy atom. The summed E-state index contributed by atoms with van der Waals surface area (Å²) >= 11 is 0. The first-order valence-electron chi connectivity index (χ1n) is 7.45. The van der Waals surface area contributed by atoms with Crippen molar-refractivity contribution in [3.05, 3.63) is 42.4 Å². The number of ether oxygens (including phenoxy) is 1. The molecule has 1 amide bonds. The Morgan fingerprint density at radius 2 is 1.83 bits per heavy atom. The molecule has 23 heavy (non-hydrogen) atoms. The Labute approximate surface area is 133 Å². The van der Waals surface area contributed by atoms with Crippen LogP contribution < -0.4 is 10.5 Å². The number of rotatable bonds is 3. The van der Waals surface area contributed by atoms with E-state index in [1.54, 1.807) is 36.7 Å². The number of nitrogen functional groups attached to an aromatic ring is 1. The van der Waals surface area contributed by atoms with Crippen molar-refractivity contribution in [2.45, 2.75) is 18.8 Å². The van der Waals surface area contributed by atoms with E-state index in [1.165, 1.54) is 4.90 Å². The van der Waals surface area contributed by atoms with E-state index in [9.17, 15) is 4.79 Å². The summed E-state index contributed by atoms with van der Waals surface area (Å²) < 4.78 is 5.83. The zero-order valence-electron chi connectivity index (χ0n) is 12.6. The van der Waals surface area contributed by atoms with Crippen LogP contribution in [0.3, 0.4) is 0 Å². The maximum Gasteiger partial charge on any atom is 0.407 e. The molecule has 0 saturated carbocycles. The van der Waals surface area contributed by atoms with E-state index in [0.29, 0.717) is 43.2 Å². The lowest BCUT2D eigenvalue weighted by molar-refractivity contribution is 0.131. The highest BCUT2D eigenvalue weighted by atomic mass is 16.5. The molecule has 1 aliphatic heterocycles. The van der Waals surface area contributed by atoms with Gasteiger partial charge in [-0.05, 0) is 37.1 Å². The summed E-state index contributed by atoms with van der Waals surface area (Å²) in [4.78, 5) is 21.1. The summed E-state index contributed by atoms with van der Waals surface area (Å²) in [7, 11) is 0. The molecule has 0 bridgehead atoms. The minimum atomic E-state index is -0.874. The molecule has 1 aliphatic rings. The number of nitrogens with two attached hydrogens (primary N) is 1. The molecule has 1 saturated heterocycles. The lowest BCUT2D eigenvalue weighted by atomic mass is 9.93. The highest BCUT2D eigenvalue weighted by molar-refractivity contribution is 5.65. The van der Waals surface area contributed by atoms with Gasteiger partial charge in [-0.15, -0.1) is 0 Å². The first-order valence-corrected chi connectivity index (χ1v) is 7.45. The molecule has 7 heteroatoms. The third kappa shape index (κ3) is 3.50. The Morgan fingerprint density at radius 3 is 2.48 bits per heavy atom. The Kier molecular flexibility index (Phi) is 4.27. The fourth-order valence-corrected chi connectivity index (χ4v) is 2.69. The SMILES string of the molecule is Nc1ccc(Oc2nccnc2C2CCN(C(=O)O)CC2)cc1. The van der Waals surface area contributed by atoms with Crippen LogP contribution in [0.4, 0.5) is 10.5 Å². The van der Waals surface area contributed by atoms with Gasteiger partial charge in [-0.2, -0.15) is 0 Å². The van der Waals surface area contributed by atoms with Gasteiger partial charge in [0.2, 0.25) is 5.88 Å². The number of anilines is 1. The molecule has 0 spiro atoms. The second kappa shape index (κ2) is 6.51. The second-order valence-electron chi connectivity index (χ2n) is 5.46. The molecule has 1 fully saturated rings. The standard InChI is InChI=1S/C16H18N4O3/c17-12-1-3-13(4-2-12)23-15-14(18-7-8-19-15)11-5-9-20(10-6-11)16(21)22/h1-4,7-8,11H,5-6,9-10,17H2,(H,21,22). The normalized spacial score (nSPS) is 15.4. The van der Waals surface area contributed by atoms with E-state index >= 15 is 0 Å². The molecular weight excluding hydrogens is 296 g/mol. The fraction of sp³-hybridized carbons (Fsp3) is 0.312. The van der Waals surface area contributed by atoms with Gasteiger partial charge < -0.3 is 20.5 Å². The third-order valence-electron chi connectivity index (χ3n) is 3.94. The quantitative estimate of drug-likeness (QED) is 0.845. The summed E-state index contributed by atoms with van der Waals surface area (Å²) in [5.41, 5.74) is 7.11. The van der Waals surface area contributed by atoms with Crippen LogP contribution in [0.25, 0.3) is 0 Å². The Balaban J connectivity index is 1.76. The van der Waals surface area contributed by atoms with Crippen molar-refractivity contribution >= 4 is 11.8 Å². The molecule has 7 nitrogen and oxygen atoms in total. The minimum Gasteiger partial charge on any atom is -0.465 e. The maximum absolute atomic E-state index is 11.0. The van der Waals surface area contributed by atoms with E-state index < -0.39 is 6.09 Å². The van der Waals surface area contributed by atoms with Crippen LogP contribution >= 0.6 is 0 Å². The van der Waals surface area contributed by atoms with Crippen molar-refractivity contribution < 1.29 is 14.6 Å². The van der Waals surface area contributed by atoms with E-state index in [-0.39, 0.29) is 5.92 Å². The fourth-order valence-electron chi connectivity index (χ4n) is 2.69. The van der Waals surface area contributed by atoms with Gasteiger partial charge in [0.05, 0.1) is 0 Å². The van der Waals surface area contributed by atoms with E-state index in [4.69, 9.17) is 15.6 Å². The molecule has 2 aromatic rings. The predicted molar refractivity (Wildman–Crippen MR) is 84.5 cm³/mol. The van der Waals surface area contributed by atoms with Crippen molar-refractivity contribution in [3.8, 4) is 11.6 Å². The van der Waals surface area contributed by atoms with Gasteiger partial charge >= 0.3 is 6.09 Å². The highest BCUT2D eigenvalue weighted by Crippen LogP contribution is 2.33. The molecule has 0 atom stereocenters. The van der Waals surface area contributed by atoms with Gasteiger partial charge in [-0.25, -0.2) is 9.78 Å². The first-order chi connectivity index (χ1) is 11.1. The van der Waals surface area contributed by atoms with Crippen LogP contribution in [-0.2, 0) is 0 Å². The van der Waals surface area contributed by atoms with E-state index in [0.717, 1.165) is 5.69 Å². The van der Waals surface area contributed by atoms with Crippen LogP contribution in [0.1, 0.15) is 24.5 Å². The number of hydrogen-bond donors (Lipinski definition) is 2. The zero-order valence-corrected chi connectivity index (χ0v) is 12.6.